The summed E-state index contributed by atoms with van der Waals surface area (Å²) < 4.78 is 0. The molecule has 0 unspecified atom stereocenters. The summed E-state index contributed by atoms with van der Waals surface area (Å²) in [7, 11) is 2.11. The third-order valence-electron chi connectivity index (χ3n) is 6.64. The monoisotopic (exact) mass is 357 g/mol. The maximum atomic E-state index is 13.8. The van der Waals surface area contributed by atoms with Gasteiger partial charge in [0.25, 0.3) is 0 Å². The number of primary amides is 1. The summed E-state index contributed by atoms with van der Waals surface area (Å²) in [5, 5.41) is 0. The van der Waals surface area contributed by atoms with Gasteiger partial charge in [-0.25, -0.2) is 0 Å². The number of hydrogen-bond acceptors (Lipinski definition) is 3. The average Bonchev–Trinajstić information content (AvgIpc) is 2.69. The van der Waals surface area contributed by atoms with Crippen molar-refractivity contribution >= 4 is 11.8 Å². The first-order chi connectivity index (χ1) is 12.4. The molecule has 0 saturated carbocycles. The SMILES string of the molecule is CC[C@]1(C(N)=O)CCCN(C(=O)C2(c3ccccc3)CCN(C)CC2)C1. The fourth-order valence-corrected chi connectivity index (χ4v) is 4.66. The maximum absolute atomic E-state index is 13.8. The van der Waals surface area contributed by atoms with Crippen LogP contribution in [-0.2, 0) is 15.0 Å². The van der Waals surface area contributed by atoms with Crippen LogP contribution in [0.5, 0.6) is 0 Å². The molecule has 26 heavy (non-hydrogen) atoms. The first kappa shape index (κ1) is 18.9. The highest BCUT2D eigenvalue weighted by molar-refractivity contribution is 5.90. The van der Waals surface area contributed by atoms with Crippen molar-refractivity contribution in [2.24, 2.45) is 11.1 Å². The minimum absolute atomic E-state index is 0.176. The standard InChI is InChI=1S/C21H31N3O2/c1-3-20(18(22)25)10-7-13-24(16-20)19(26)21(11-14-23(2)15-12-21)17-8-5-4-6-9-17/h4-6,8-9H,3,7,10-16H2,1-2H3,(H2,22,25)/t20-/m0/s1. The van der Waals surface area contributed by atoms with Gasteiger partial charge in [0.2, 0.25) is 11.8 Å². The van der Waals surface area contributed by atoms with Gasteiger partial charge in [0.1, 0.15) is 0 Å². The Hall–Kier alpha value is -1.88. The van der Waals surface area contributed by atoms with Gasteiger partial charge in [0.05, 0.1) is 10.8 Å². The molecular formula is C21H31N3O2. The lowest BCUT2D eigenvalue weighted by Crippen LogP contribution is -2.58. The molecule has 5 heteroatoms. The smallest absolute Gasteiger partial charge is 0.233 e. The Kier molecular flexibility index (Phi) is 5.37. The third kappa shape index (κ3) is 3.25. The summed E-state index contributed by atoms with van der Waals surface area (Å²) in [4.78, 5) is 30.1. The molecule has 3 rings (SSSR count). The van der Waals surface area contributed by atoms with E-state index in [9.17, 15) is 9.59 Å². The van der Waals surface area contributed by atoms with Crippen LogP contribution in [-0.4, -0.2) is 54.8 Å². The summed E-state index contributed by atoms with van der Waals surface area (Å²) in [6, 6.07) is 10.2. The van der Waals surface area contributed by atoms with Crippen molar-refractivity contribution in [3.63, 3.8) is 0 Å². The molecule has 5 nitrogen and oxygen atoms in total. The predicted molar refractivity (Wildman–Crippen MR) is 103 cm³/mol. The van der Waals surface area contributed by atoms with Crippen LogP contribution in [0.15, 0.2) is 30.3 Å². The van der Waals surface area contributed by atoms with Crippen molar-refractivity contribution in [2.75, 3.05) is 33.2 Å². The number of carbonyl (C=O) groups excluding carboxylic acids is 2. The van der Waals surface area contributed by atoms with Gasteiger partial charge >= 0.3 is 0 Å². The highest BCUT2D eigenvalue weighted by Crippen LogP contribution is 2.40. The molecule has 1 atom stereocenters. The Balaban J connectivity index is 1.92. The third-order valence-corrected chi connectivity index (χ3v) is 6.64. The lowest BCUT2D eigenvalue weighted by atomic mass is 9.70. The molecule has 0 aromatic heterocycles. The van der Waals surface area contributed by atoms with E-state index < -0.39 is 10.8 Å². The first-order valence-electron chi connectivity index (χ1n) is 9.77. The Bertz CT molecular complexity index is 652. The summed E-state index contributed by atoms with van der Waals surface area (Å²) >= 11 is 0. The van der Waals surface area contributed by atoms with E-state index in [0.29, 0.717) is 13.0 Å². The molecule has 142 valence electrons. The zero-order valence-corrected chi connectivity index (χ0v) is 16.0. The molecule has 2 amide bonds. The zero-order chi connectivity index (χ0) is 18.8. The second-order valence-electron chi connectivity index (χ2n) is 8.08. The molecule has 0 aliphatic carbocycles. The van der Waals surface area contributed by atoms with Gasteiger partial charge < -0.3 is 15.5 Å². The van der Waals surface area contributed by atoms with Gasteiger partial charge in [-0.3, -0.25) is 9.59 Å². The number of amides is 2. The fourth-order valence-electron chi connectivity index (χ4n) is 4.66. The lowest BCUT2D eigenvalue weighted by Gasteiger charge is -2.47. The van der Waals surface area contributed by atoms with Gasteiger partial charge in [-0.15, -0.1) is 0 Å². The van der Waals surface area contributed by atoms with Crippen LogP contribution in [0.2, 0.25) is 0 Å². The van der Waals surface area contributed by atoms with Gasteiger partial charge in [0.15, 0.2) is 0 Å². The number of benzene rings is 1. The number of nitrogens with zero attached hydrogens (tertiary/aromatic N) is 2. The number of nitrogens with two attached hydrogens (primary N) is 1. The molecule has 2 heterocycles. The van der Waals surface area contributed by atoms with Crippen molar-refractivity contribution in [2.45, 2.75) is 44.4 Å². The normalized spacial score (nSPS) is 26.5. The maximum Gasteiger partial charge on any atom is 0.233 e. The van der Waals surface area contributed by atoms with Crippen LogP contribution in [0, 0.1) is 5.41 Å². The summed E-state index contributed by atoms with van der Waals surface area (Å²) in [5.74, 6) is -0.0924. The van der Waals surface area contributed by atoms with Gasteiger partial charge in [-0.1, -0.05) is 37.3 Å². The Morgan fingerprint density at radius 2 is 1.73 bits per heavy atom. The predicted octanol–water partition coefficient (Wildman–Crippen LogP) is 2.15. The molecule has 2 N–H and O–H groups in total. The Morgan fingerprint density at radius 1 is 1.08 bits per heavy atom. The largest absolute Gasteiger partial charge is 0.369 e. The van der Waals surface area contributed by atoms with Crippen LogP contribution in [0.25, 0.3) is 0 Å². The minimum atomic E-state index is -0.572. The van der Waals surface area contributed by atoms with Gasteiger partial charge in [0, 0.05) is 13.1 Å². The van der Waals surface area contributed by atoms with Crippen LogP contribution in [0.4, 0.5) is 0 Å². The highest BCUT2D eigenvalue weighted by atomic mass is 16.2. The average molecular weight is 357 g/mol. The Labute approximate surface area is 156 Å². The van der Waals surface area contributed by atoms with E-state index >= 15 is 0 Å². The first-order valence-corrected chi connectivity index (χ1v) is 9.77. The van der Waals surface area contributed by atoms with E-state index in [1.54, 1.807) is 0 Å². The summed E-state index contributed by atoms with van der Waals surface area (Å²) in [6.45, 7) is 4.99. The molecule has 2 aliphatic rings. The topological polar surface area (TPSA) is 66.6 Å². The molecular weight excluding hydrogens is 326 g/mol. The quantitative estimate of drug-likeness (QED) is 0.898. The molecule has 1 aromatic rings. The van der Waals surface area contributed by atoms with E-state index in [2.05, 4.69) is 24.1 Å². The number of likely N-dealkylation sites (tertiary alicyclic amines) is 2. The highest BCUT2D eigenvalue weighted by Gasteiger charge is 2.48. The van der Waals surface area contributed by atoms with Crippen molar-refractivity contribution in [3.05, 3.63) is 35.9 Å². The molecule has 2 fully saturated rings. The van der Waals surface area contributed by atoms with Crippen LogP contribution < -0.4 is 5.73 Å². The van der Waals surface area contributed by atoms with E-state index in [1.807, 2.05) is 30.0 Å². The fraction of sp³-hybridized carbons (Fsp3) is 0.619. The van der Waals surface area contributed by atoms with E-state index in [0.717, 1.165) is 50.9 Å². The lowest BCUT2D eigenvalue weighted by molar-refractivity contribution is -0.146. The number of hydrogen-bond donors (Lipinski definition) is 1. The van der Waals surface area contributed by atoms with E-state index in [1.165, 1.54) is 0 Å². The number of rotatable bonds is 4. The molecule has 0 spiro atoms. The van der Waals surface area contributed by atoms with E-state index in [4.69, 9.17) is 5.73 Å². The number of piperidine rings is 2. The van der Waals surface area contributed by atoms with Crippen LogP contribution in [0.3, 0.4) is 0 Å². The molecule has 1 aromatic carbocycles. The van der Waals surface area contributed by atoms with Gasteiger partial charge in [-0.05, 0) is 57.8 Å². The van der Waals surface area contributed by atoms with Crippen molar-refractivity contribution in [3.8, 4) is 0 Å². The molecule has 0 bridgehead atoms. The van der Waals surface area contributed by atoms with Gasteiger partial charge in [-0.2, -0.15) is 0 Å². The summed E-state index contributed by atoms with van der Waals surface area (Å²) in [6.07, 6.45) is 3.95. The molecule has 2 aliphatic heterocycles. The molecule has 2 saturated heterocycles. The van der Waals surface area contributed by atoms with E-state index in [-0.39, 0.29) is 11.8 Å². The van der Waals surface area contributed by atoms with Crippen LogP contribution in [0.1, 0.15) is 44.6 Å². The van der Waals surface area contributed by atoms with Crippen molar-refractivity contribution in [1.82, 2.24) is 9.80 Å². The molecule has 0 radical (unpaired) electrons. The van der Waals surface area contributed by atoms with Crippen molar-refractivity contribution in [1.29, 1.82) is 0 Å². The summed E-state index contributed by atoms with van der Waals surface area (Å²) in [5.41, 5.74) is 5.78. The number of carbonyl (C=O) groups is 2. The second kappa shape index (κ2) is 7.39. The second-order valence-corrected chi connectivity index (χ2v) is 8.08. The van der Waals surface area contributed by atoms with Crippen molar-refractivity contribution < 1.29 is 9.59 Å². The Morgan fingerprint density at radius 3 is 2.31 bits per heavy atom. The minimum Gasteiger partial charge on any atom is -0.369 e. The van der Waals surface area contributed by atoms with Crippen LogP contribution >= 0.6 is 0 Å². The zero-order valence-electron chi connectivity index (χ0n) is 16.0.